The van der Waals surface area contributed by atoms with E-state index in [2.05, 4.69) is 0 Å². The molecule has 0 fully saturated rings. The highest BCUT2D eigenvalue weighted by molar-refractivity contribution is 7.89. The number of carbonyl (C=O) groups is 1. The van der Waals surface area contributed by atoms with E-state index in [-0.39, 0.29) is 22.1 Å². The van der Waals surface area contributed by atoms with Crippen LogP contribution < -0.4 is 0 Å². The number of carbonyl (C=O) groups excluding carboxylic acids is 1. The molecule has 0 aromatic heterocycles. The van der Waals surface area contributed by atoms with E-state index in [1.807, 2.05) is 30.3 Å². The van der Waals surface area contributed by atoms with Crippen LogP contribution in [0.25, 0.3) is 0 Å². The minimum absolute atomic E-state index is 0.00173. The first-order valence-corrected chi connectivity index (χ1v) is 9.57. The van der Waals surface area contributed by atoms with E-state index in [1.165, 1.54) is 32.3 Å². The summed E-state index contributed by atoms with van der Waals surface area (Å²) in [6, 6.07) is 13.9. The summed E-state index contributed by atoms with van der Waals surface area (Å²) in [4.78, 5) is 12.2. The van der Waals surface area contributed by atoms with Gasteiger partial charge in [0.15, 0.2) is 0 Å². The van der Waals surface area contributed by atoms with Crippen molar-refractivity contribution in [1.29, 1.82) is 0 Å². The first-order chi connectivity index (χ1) is 11.8. The van der Waals surface area contributed by atoms with Crippen LogP contribution >= 0.6 is 11.6 Å². The maximum atomic E-state index is 12.2. The molecule has 7 heteroatoms. The van der Waals surface area contributed by atoms with Gasteiger partial charge in [0, 0.05) is 14.1 Å². The van der Waals surface area contributed by atoms with Crippen LogP contribution in [0.4, 0.5) is 0 Å². The quantitative estimate of drug-likeness (QED) is 0.544. The number of halogens is 1. The van der Waals surface area contributed by atoms with Crippen LogP contribution in [0.3, 0.4) is 0 Å². The summed E-state index contributed by atoms with van der Waals surface area (Å²) in [5.74, 6) is -0.631. The molecule has 5 nitrogen and oxygen atoms in total. The van der Waals surface area contributed by atoms with E-state index in [1.54, 1.807) is 0 Å². The van der Waals surface area contributed by atoms with Gasteiger partial charge in [-0.05, 0) is 36.6 Å². The second-order valence-corrected chi connectivity index (χ2v) is 8.21. The Balaban J connectivity index is 2.01. The van der Waals surface area contributed by atoms with Gasteiger partial charge in [-0.25, -0.2) is 17.5 Å². The number of aryl methyl sites for hydroxylation is 1. The van der Waals surface area contributed by atoms with Crippen molar-refractivity contribution < 1.29 is 17.9 Å². The average Bonchev–Trinajstić information content (AvgIpc) is 2.59. The molecule has 0 spiro atoms. The molecule has 0 amide bonds. The van der Waals surface area contributed by atoms with Crippen molar-refractivity contribution in [2.45, 2.75) is 17.7 Å². The second-order valence-electron chi connectivity index (χ2n) is 5.65. The fourth-order valence-electron chi connectivity index (χ4n) is 2.20. The summed E-state index contributed by atoms with van der Waals surface area (Å²) >= 11 is 6.02. The molecule has 0 unspecified atom stereocenters. The molecule has 2 aromatic carbocycles. The van der Waals surface area contributed by atoms with Crippen LogP contribution in [0.5, 0.6) is 0 Å². The molecule has 25 heavy (non-hydrogen) atoms. The fourth-order valence-corrected chi connectivity index (χ4v) is 3.32. The summed E-state index contributed by atoms with van der Waals surface area (Å²) in [5.41, 5.74) is 1.21. The van der Waals surface area contributed by atoms with Crippen LogP contribution in [-0.4, -0.2) is 39.4 Å². The van der Waals surface area contributed by atoms with E-state index in [0.29, 0.717) is 6.42 Å². The fraction of sp³-hybridized carbons (Fsp3) is 0.278. The first kappa shape index (κ1) is 19.4. The summed E-state index contributed by atoms with van der Waals surface area (Å²) in [7, 11) is -0.800. The summed E-state index contributed by atoms with van der Waals surface area (Å²) in [6.07, 6.45) is 1.46. The Morgan fingerprint density at radius 2 is 1.80 bits per heavy atom. The predicted octanol–water partition coefficient (Wildman–Crippen LogP) is 3.38. The first-order valence-electron chi connectivity index (χ1n) is 7.75. The number of hydrogen-bond donors (Lipinski definition) is 0. The van der Waals surface area contributed by atoms with Gasteiger partial charge in [0.1, 0.15) is 0 Å². The summed E-state index contributed by atoms with van der Waals surface area (Å²) in [5, 5.41) is 0.158. The van der Waals surface area contributed by atoms with Crippen molar-refractivity contribution in [3.05, 3.63) is 64.7 Å². The second kappa shape index (κ2) is 8.47. The number of benzene rings is 2. The number of ether oxygens (including phenoxy) is 1. The van der Waals surface area contributed by atoms with Gasteiger partial charge in [0.05, 0.1) is 22.1 Å². The maximum absolute atomic E-state index is 12.2. The molecular formula is C18H20ClNO4S. The Morgan fingerprint density at radius 3 is 2.44 bits per heavy atom. The predicted molar refractivity (Wildman–Crippen MR) is 97.4 cm³/mol. The number of sulfonamides is 1. The van der Waals surface area contributed by atoms with E-state index < -0.39 is 16.0 Å². The number of esters is 1. The third-order valence-electron chi connectivity index (χ3n) is 3.62. The van der Waals surface area contributed by atoms with Crippen molar-refractivity contribution in [2.75, 3.05) is 20.7 Å². The molecule has 0 saturated carbocycles. The van der Waals surface area contributed by atoms with Gasteiger partial charge in [-0.15, -0.1) is 0 Å². The van der Waals surface area contributed by atoms with Gasteiger partial charge >= 0.3 is 5.97 Å². The van der Waals surface area contributed by atoms with E-state index in [4.69, 9.17) is 16.3 Å². The number of rotatable bonds is 7. The Hall–Kier alpha value is -1.89. The topological polar surface area (TPSA) is 63.7 Å². The van der Waals surface area contributed by atoms with E-state index in [0.717, 1.165) is 16.3 Å². The SMILES string of the molecule is CN(C)S(=O)(=O)c1ccc(Cl)c(C(=O)OCCCc2ccccc2)c1. The summed E-state index contributed by atoms with van der Waals surface area (Å²) < 4.78 is 30.6. The molecule has 0 N–H and O–H groups in total. The van der Waals surface area contributed by atoms with Crippen LogP contribution in [-0.2, 0) is 21.2 Å². The lowest BCUT2D eigenvalue weighted by molar-refractivity contribution is 0.0500. The monoisotopic (exact) mass is 381 g/mol. The minimum Gasteiger partial charge on any atom is -0.462 e. The van der Waals surface area contributed by atoms with Crippen molar-refractivity contribution >= 4 is 27.6 Å². The van der Waals surface area contributed by atoms with Gasteiger partial charge < -0.3 is 4.74 Å². The standard InChI is InChI=1S/C18H20ClNO4S/c1-20(2)25(22,23)15-10-11-17(19)16(13-15)18(21)24-12-6-9-14-7-4-3-5-8-14/h3-5,7-8,10-11,13H,6,9,12H2,1-2H3. The van der Waals surface area contributed by atoms with Gasteiger partial charge in [-0.3, -0.25) is 0 Å². The molecule has 0 saturated heterocycles. The number of hydrogen-bond acceptors (Lipinski definition) is 4. The molecular weight excluding hydrogens is 362 g/mol. The van der Waals surface area contributed by atoms with Crippen molar-refractivity contribution in [3.63, 3.8) is 0 Å². The molecule has 0 bridgehead atoms. The highest BCUT2D eigenvalue weighted by Gasteiger charge is 2.21. The van der Waals surface area contributed by atoms with Crippen molar-refractivity contribution in [3.8, 4) is 0 Å². The van der Waals surface area contributed by atoms with Crippen LogP contribution in [0.15, 0.2) is 53.4 Å². The average molecular weight is 382 g/mol. The van der Waals surface area contributed by atoms with Gasteiger partial charge in [-0.1, -0.05) is 41.9 Å². The molecule has 0 aliphatic heterocycles. The smallest absolute Gasteiger partial charge is 0.339 e. The van der Waals surface area contributed by atoms with Crippen LogP contribution in [0, 0.1) is 0 Å². The molecule has 134 valence electrons. The molecule has 0 heterocycles. The molecule has 2 rings (SSSR count). The molecule has 0 aliphatic rings. The van der Waals surface area contributed by atoms with Gasteiger partial charge in [-0.2, -0.15) is 0 Å². The van der Waals surface area contributed by atoms with Crippen molar-refractivity contribution in [2.24, 2.45) is 0 Å². The van der Waals surface area contributed by atoms with Crippen LogP contribution in [0.1, 0.15) is 22.3 Å². The van der Waals surface area contributed by atoms with E-state index in [9.17, 15) is 13.2 Å². The molecule has 0 aliphatic carbocycles. The highest BCUT2D eigenvalue weighted by atomic mass is 35.5. The zero-order chi connectivity index (χ0) is 18.4. The number of nitrogens with zero attached hydrogens (tertiary/aromatic N) is 1. The van der Waals surface area contributed by atoms with Gasteiger partial charge in [0.25, 0.3) is 0 Å². The maximum Gasteiger partial charge on any atom is 0.339 e. The lowest BCUT2D eigenvalue weighted by Crippen LogP contribution is -2.22. The Labute approximate surface area is 153 Å². The lowest BCUT2D eigenvalue weighted by atomic mass is 10.1. The Morgan fingerprint density at radius 1 is 1.12 bits per heavy atom. The van der Waals surface area contributed by atoms with Crippen molar-refractivity contribution in [1.82, 2.24) is 4.31 Å². The zero-order valence-electron chi connectivity index (χ0n) is 14.1. The lowest BCUT2D eigenvalue weighted by Gasteiger charge is -2.13. The largest absolute Gasteiger partial charge is 0.462 e. The molecule has 2 aromatic rings. The highest BCUT2D eigenvalue weighted by Crippen LogP contribution is 2.23. The minimum atomic E-state index is -3.64. The normalized spacial score (nSPS) is 11.5. The van der Waals surface area contributed by atoms with Gasteiger partial charge in [0.2, 0.25) is 10.0 Å². The third kappa shape index (κ3) is 5.04. The zero-order valence-corrected chi connectivity index (χ0v) is 15.7. The van der Waals surface area contributed by atoms with E-state index >= 15 is 0 Å². The Bertz CT molecular complexity index is 835. The Kier molecular flexibility index (Phi) is 6.58. The third-order valence-corrected chi connectivity index (χ3v) is 5.76. The van der Waals surface area contributed by atoms with Crippen LogP contribution in [0.2, 0.25) is 5.02 Å². The summed E-state index contributed by atoms with van der Waals surface area (Å²) in [6.45, 7) is 0.231. The molecule has 0 radical (unpaired) electrons. The molecule has 0 atom stereocenters.